The smallest absolute Gasteiger partial charge is 0.321 e. The molecule has 0 atom stereocenters. The summed E-state index contributed by atoms with van der Waals surface area (Å²) in [4.78, 5) is 28.0. The van der Waals surface area contributed by atoms with Crippen molar-refractivity contribution in [2.45, 2.75) is 30.6 Å². The Bertz CT molecular complexity index is 953. The fraction of sp³-hybridized carbons (Fsp3) is 0.278. The van der Waals surface area contributed by atoms with Crippen LogP contribution in [-0.4, -0.2) is 37.4 Å². The number of carbonyl (C=O) groups is 2. The van der Waals surface area contributed by atoms with E-state index in [4.69, 9.17) is 4.42 Å². The van der Waals surface area contributed by atoms with Gasteiger partial charge in [0.1, 0.15) is 5.76 Å². The molecule has 0 bridgehead atoms. The van der Waals surface area contributed by atoms with Crippen molar-refractivity contribution in [3.05, 3.63) is 48.7 Å². The van der Waals surface area contributed by atoms with Gasteiger partial charge in [-0.15, -0.1) is 10.2 Å². The summed E-state index contributed by atoms with van der Waals surface area (Å²) in [5, 5.41) is 14.0. The van der Waals surface area contributed by atoms with Crippen LogP contribution in [0.5, 0.6) is 0 Å². The summed E-state index contributed by atoms with van der Waals surface area (Å²) in [5.41, 5.74) is 0.885. The van der Waals surface area contributed by atoms with Crippen molar-refractivity contribution in [3.63, 3.8) is 0 Å². The minimum absolute atomic E-state index is 0.0616. The average molecular weight is 398 g/mol. The van der Waals surface area contributed by atoms with E-state index < -0.39 is 11.9 Å². The Morgan fingerprint density at radius 2 is 2.14 bits per heavy atom. The van der Waals surface area contributed by atoms with Crippen LogP contribution in [0.2, 0.25) is 0 Å². The number of amides is 3. The van der Waals surface area contributed by atoms with E-state index in [2.05, 4.69) is 25.8 Å². The highest BCUT2D eigenvalue weighted by Gasteiger charge is 2.30. The SMILES string of the molecule is O=C(CSc1nnc(-c2cccnc2)n1C1CC1)NC(=O)NCc1ccco1. The molecular weight excluding hydrogens is 380 g/mol. The van der Waals surface area contributed by atoms with Gasteiger partial charge < -0.3 is 9.73 Å². The monoisotopic (exact) mass is 398 g/mol. The normalized spacial score (nSPS) is 13.3. The van der Waals surface area contributed by atoms with Gasteiger partial charge in [-0.3, -0.25) is 19.7 Å². The molecule has 0 saturated heterocycles. The molecule has 0 radical (unpaired) electrons. The number of hydrogen-bond donors (Lipinski definition) is 2. The van der Waals surface area contributed by atoms with Crippen molar-refractivity contribution >= 4 is 23.7 Å². The van der Waals surface area contributed by atoms with E-state index in [1.54, 1.807) is 24.5 Å². The third-order valence-corrected chi connectivity index (χ3v) is 5.03. The van der Waals surface area contributed by atoms with Crippen LogP contribution in [0.1, 0.15) is 24.6 Å². The average Bonchev–Trinajstić information content (AvgIpc) is 3.24. The molecule has 1 saturated carbocycles. The zero-order chi connectivity index (χ0) is 19.3. The molecule has 0 aliphatic heterocycles. The lowest BCUT2D eigenvalue weighted by Crippen LogP contribution is -2.39. The van der Waals surface area contributed by atoms with Crippen molar-refractivity contribution in [3.8, 4) is 11.4 Å². The minimum Gasteiger partial charge on any atom is -0.467 e. The first kappa shape index (κ1) is 18.2. The van der Waals surface area contributed by atoms with Gasteiger partial charge in [0, 0.05) is 24.0 Å². The van der Waals surface area contributed by atoms with Crippen LogP contribution in [0.4, 0.5) is 4.79 Å². The molecule has 144 valence electrons. The Labute approximate surface area is 164 Å². The van der Waals surface area contributed by atoms with Crippen LogP contribution < -0.4 is 10.6 Å². The van der Waals surface area contributed by atoms with Gasteiger partial charge in [0.05, 0.1) is 18.6 Å². The highest BCUT2D eigenvalue weighted by atomic mass is 32.2. The third kappa shape index (κ3) is 4.39. The molecule has 3 aromatic rings. The molecule has 0 spiro atoms. The van der Waals surface area contributed by atoms with E-state index in [0.717, 1.165) is 24.2 Å². The Morgan fingerprint density at radius 1 is 1.25 bits per heavy atom. The van der Waals surface area contributed by atoms with Crippen LogP contribution in [-0.2, 0) is 11.3 Å². The van der Waals surface area contributed by atoms with Crippen molar-refractivity contribution in [2.75, 3.05) is 5.75 Å². The molecule has 1 fully saturated rings. The van der Waals surface area contributed by atoms with Crippen LogP contribution >= 0.6 is 11.8 Å². The van der Waals surface area contributed by atoms with Gasteiger partial charge in [0.25, 0.3) is 0 Å². The van der Waals surface area contributed by atoms with E-state index >= 15 is 0 Å². The quantitative estimate of drug-likeness (QED) is 0.587. The molecule has 10 heteroatoms. The number of nitrogens with zero attached hydrogens (tertiary/aromatic N) is 4. The van der Waals surface area contributed by atoms with Crippen LogP contribution in [0.25, 0.3) is 11.4 Å². The summed E-state index contributed by atoms with van der Waals surface area (Å²) in [6.07, 6.45) is 7.08. The van der Waals surface area contributed by atoms with Gasteiger partial charge in [-0.1, -0.05) is 11.8 Å². The first-order valence-electron chi connectivity index (χ1n) is 8.79. The molecule has 1 aliphatic carbocycles. The standard InChI is InChI=1S/C18H18N6O3S/c25-15(21-17(26)20-10-14-4-2-8-27-14)11-28-18-23-22-16(24(18)13-5-6-13)12-3-1-7-19-9-12/h1-4,7-9,13H,5-6,10-11H2,(H2,20,21,25,26). The molecule has 3 heterocycles. The van der Waals surface area contributed by atoms with Gasteiger partial charge in [-0.25, -0.2) is 4.79 Å². The fourth-order valence-electron chi connectivity index (χ4n) is 2.65. The maximum absolute atomic E-state index is 12.1. The molecular formula is C18H18N6O3S. The van der Waals surface area contributed by atoms with Gasteiger partial charge in [0.15, 0.2) is 11.0 Å². The number of carbonyl (C=O) groups excluding carboxylic acids is 2. The predicted molar refractivity (Wildman–Crippen MR) is 101 cm³/mol. The lowest BCUT2D eigenvalue weighted by molar-refractivity contribution is -0.117. The first-order chi connectivity index (χ1) is 13.7. The highest BCUT2D eigenvalue weighted by molar-refractivity contribution is 7.99. The summed E-state index contributed by atoms with van der Waals surface area (Å²) in [6, 6.07) is 7.02. The third-order valence-electron chi connectivity index (χ3n) is 4.08. The summed E-state index contributed by atoms with van der Waals surface area (Å²) >= 11 is 1.26. The Morgan fingerprint density at radius 3 is 2.86 bits per heavy atom. The summed E-state index contributed by atoms with van der Waals surface area (Å²) in [6.45, 7) is 0.212. The van der Waals surface area contributed by atoms with E-state index in [0.29, 0.717) is 17.0 Å². The Kier molecular flexibility index (Phi) is 5.38. The second-order valence-electron chi connectivity index (χ2n) is 6.25. The van der Waals surface area contributed by atoms with Crippen LogP contribution in [0.3, 0.4) is 0 Å². The molecule has 4 rings (SSSR count). The van der Waals surface area contributed by atoms with Gasteiger partial charge in [0.2, 0.25) is 5.91 Å². The number of aromatic nitrogens is 4. The summed E-state index contributed by atoms with van der Waals surface area (Å²) < 4.78 is 7.17. The number of urea groups is 1. The molecule has 0 unspecified atom stereocenters. The van der Waals surface area contributed by atoms with E-state index in [1.807, 2.05) is 16.7 Å². The maximum atomic E-state index is 12.1. The number of pyridine rings is 1. The van der Waals surface area contributed by atoms with Crippen LogP contribution in [0.15, 0.2) is 52.5 Å². The molecule has 9 nitrogen and oxygen atoms in total. The van der Waals surface area contributed by atoms with Crippen molar-refractivity contribution in [1.29, 1.82) is 0 Å². The Balaban J connectivity index is 1.34. The largest absolute Gasteiger partial charge is 0.467 e. The van der Waals surface area contributed by atoms with Crippen molar-refractivity contribution in [1.82, 2.24) is 30.4 Å². The number of rotatable bonds is 7. The van der Waals surface area contributed by atoms with E-state index in [9.17, 15) is 9.59 Å². The second-order valence-corrected chi connectivity index (χ2v) is 7.19. The second kappa shape index (κ2) is 8.26. The van der Waals surface area contributed by atoms with E-state index in [-0.39, 0.29) is 12.3 Å². The number of furan rings is 1. The van der Waals surface area contributed by atoms with Crippen molar-refractivity contribution < 1.29 is 14.0 Å². The zero-order valence-corrected chi connectivity index (χ0v) is 15.7. The topological polar surface area (TPSA) is 115 Å². The summed E-state index contributed by atoms with van der Waals surface area (Å²) in [7, 11) is 0. The first-order valence-corrected chi connectivity index (χ1v) is 9.77. The van der Waals surface area contributed by atoms with E-state index in [1.165, 1.54) is 18.0 Å². The van der Waals surface area contributed by atoms with Gasteiger partial charge in [-0.05, 0) is 37.1 Å². The fourth-order valence-corrected chi connectivity index (χ4v) is 3.45. The molecule has 1 aliphatic rings. The molecule has 0 aromatic carbocycles. The lowest BCUT2D eigenvalue weighted by Gasteiger charge is -2.09. The minimum atomic E-state index is -0.568. The number of nitrogens with one attached hydrogen (secondary N) is 2. The van der Waals surface area contributed by atoms with Crippen LogP contribution in [0, 0.1) is 0 Å². The number of hydrogen-bond acceptors (Lipinski definition) is 7. The van der Waals surface area contributed by atoms with Gasteiger partial charge >= 0.3 is 6.03 Å². The number of thioether (sulfide) groups is 1. The molecule has 3 amide bonds. The number of imide groups is 1. The maximum Gasteiger partial charge on any atom is 0.321 e. The highest BCUT2D eigenvalue weighted by Crippen LogP contribution is 2.40. The molecule has 3 aromatic heterocycles. The van der Waals surface area contributed by atoms with Crippen molar-refractivity contribution in [2.24, 2.45) is 0 Å². The summed E-state index contributed by atoms with van der Waals surface area (Å²) in [5.74, 6) is 1.01. The zero-order valence-electron chi connectivity index (χ0n) is 14.9. The molecule has 28 heavy (non-hydrogen) atoms. The Hall–Kier alpha value is -3.14. The predicted octanol–water partition coefficient (Wildman–Crippen LogP) is 2.39. The van der Waals surface area contributed by atoms with Gasteiger partial charge in [-0.2, -0.15) is 0 Å². The lowest BCUT2D eigenvalue weighted by atomic mass is 10.3. The molecule has 2 N–H and O–H groups in total.